The Bertz CT molecular complexity index is 443. The first-order chi connectivity index (χ1) is 9.24. The zero-order valence-electron chi connectivity index (χ0n) is 11.6. The van der Waals surface area contributed by atoms with E-state index in [1.165, 1.54) is 17.8 Å². The van der Waals surface area contributed by atoms with Gasteiger partial charge in [-0.2, -0.15) is 0 Å². The molecule has 0 bridgehead atoms. The zero-order chi connectivity index (χ0) is 13.2. The minimum atomic E-state index is 0.332. The maximum absolute atomic E-state index is 12.4. The van der Waals surface area contributed by atoms with Gasteiger partial charge in [-0.1, -0.05) is 12.8 Å². The number of carbonyl (C=O) groups is 1. The van der Waals surface area contributed by atoms with Crippen molar-refractivity contribution in [1.82, 2.24) is 9.88 Å². The van der Waals surface area contributed by atoms with E-state index in [1.807, 2.05) is 0 Å². The Morgan fingerprint density at radius 3 is 2.53 bits per heavy atom. The largest absolute Gasteiger partial charge is 0.342 e. The Morgan fingerprint density at radius 2 is 1.95 bits per heavy atom. The van der Waals surface area contributed by atoms with Crippen molar-refractivity contribution < 1.29 is 4.79 Å². The minimum absolute atomic E-state index is 0.332. The lowest BCUT2D eigenvalue weighted by molar-refractivity contribution is -0.136. The number of piperidine rings is 1. The van der Waals surface area contributed by atoms with Crippen molar-refractivity contribution in [3.63, 3.8) is 0 Å². The van der Waals surface area contributed by atoms with E-state index in [0.717, 1.165) is 44.5 Å². The van der Waals surface area contributed by atoms with Gasteiger partial charge in [0, 0.05) is 36.0 Å². The van der Waals surface area contributed by atoms with Crippen LogP contribution >= 0.6 is 11.3 Å². The van der Waals surface area contributed by atoms with E-state index in [0.29, 0.717) is 17.7 Å². The number of aryl methyl sites for hydroxylation is 1. The third-order valence-corrected chi connectivity index (χ3v) is 5.62. The highest BCUT2D eigenvalue weighted by molar-refractivity contribution is 7.09. The Hall–Kier alpha value is -0.900. The fourth-order valence-electron chi connectivity index (χ4n) is 3.34. The van der Waals surface area contributed by atoms with E-state index >= 15 is 0 Å². The molecule has 104 valence electrons. The number of likely N-dealkylation sites (tertiary alicyclic amines) is 1. The summed E-state index contributed by atoms with van der Waals surface area (Å²) in [4.78, 5) is 19.1. The normalized spacial score (nSPS) is 22.1. The Kier molecular flexibility index (Phi) is 3.87. The third-order valence-electron chi connectivity index (χ3n) is 4.50. The number of carbonyl (C=O) groups excluding carboxylic acids is 1. The van der Waals surface area contributed by atoms with E-state index in [2.05, 4.69) is 22.2 Å². The molecule has 2 heterocycles. The van der Waals surface area contributed by atoms with E-state index in [1.54, 1.807) is 11.3 Å². The van der Waals surface area contributed by atoms with Crippen molar-refractivity contribution in [2.45, 2.75) is 51.4 Å². The molecule has 0 aromatic carbocycles. The van der Waals surface area contributed by atoms with Crippen LogP contribution in [0.15, 0.2) is 5.38 Å². The summed E-state index contributed by atoms with van der Waals surface area (Å²) in [6.07, 6.45) is 6.89. The Balaban J connectivity index is 1.55. The molecule has 2 fully saturated rings. The van der Waals surface area contributed by atoms with Gasteiger partial charge in [0.1, 0.15) is 0 Å². The van der Waals surface area contributed by atoms with E-state index in [4.69, 9.17) is 0 Å². The highest BCUT2D eigenvalue weighted by Crippen LogP contribution is 2.32. The van der Waals surface area contributed by atoms with Crippen LogP contribution in [0.25, 0.3) is 0 Å². The van der Waals surface area contributed by atoms with Crippen LogP contribution < -0.4 is 0 Å². The summed E-state index contributed by atoms with van der Waals surface area (Å²) in [7, 11) is 0. The molecule has 0 spiro atoms. The van der Waals surface area contributed by atoms with Crippen LogP contribution in [0.4, 0.5) is 0 Å². The maximum Gasteiger partial charge on any atom is 0.225 e. The topological polar surface area (TPSA) is 33.2 Å². The SMILES string of the molecule is Cc1csc(C2CCN(C(=O)C3CCCC3)CC2)n1. The lowest BCUT2D eigenvalue weighted by Gasteiger charge is -2.32. The molecule has 1 saturated carbocycles. The van der Waals surface area contributed by atoms with Crippen molar-refractivity contribution in [3.05, 3.63) is 16.1 Å². The van der Waals surface area contributed by atoms with Crippen molar-refractivity contribution >= 4 is 17.2 Å². The summed E-state index contributed by atoms with van der Waals surface area (Å²) < 4.78 is 0. The number of amides is 1. The van der Waals surface area contributed by atoms with Crippen molar-refractivity contribution in [2.75, 3.05) is 13.1 Å². The Labute approximate surface area is 119 Å². The predicted molar refractivity (Wildman–Crippen MR) is 77.4 cm³/mol. The van der Waals surface area contributed by atoms with Crippen LogP contribution in [-0.4, -0.2) is 28.9 Å². The summed E-state index contributed by atoms with van der Waals surface area (Å²) in [5.41, 5.74) is 1.13. The smallest absolute Gasteiger partial charge is 0.225 e. The Morgan fingerprint density at radius 1 is 1.26 bits per heavy atom. The summed E-state index contributed by atoms with van der Waals surface area (Å²) in [6, 6.07) is 0. The van der Waals surface area contributed by atoms with Gasteiger partial charge in [-0.05, 0) is 32.6 Å². The number of rotatable bonds is 2. The minimum Gasteiger partial charge on any atom is -0.342 e. The van der Waals surface area contributed by atoms with Crippen LogP contribution in [0.1, 0.15) is 55.1 Å². The molecule has 1 aliphatic heterocycles. The number of nitrogens with zero attached hydrogens (tertiary/aromatic N) is 2. The average Bonchev–Trinajstić information content (AvgIpc) is 3.09. The summed E-state index contributed by atoms with van der Waals surface area (Å²) in [5, 5.41) is 3.40. The second kappa shape index (κ2) is 5.61. The van der Waals surface area contributed by atoms with Gasteiger partial charge >= 0.3 is 0 Å². The highest BCUT2D eigenvalue weighted by atomic mass is 32.1. The molecule has 1 saturated heterocycles. The monoisotopic (exact) mass is 278 g/mol. The van der Waals surface area contributed by atoms with Crippen LogP contribution in [0, 0.1) is 12.8 Å². The second-order valence-corrected chi connectivity index (χ2v) is 6.80. The molecule has 4 heteroatoms. The fourth-order valence-corrected chi connectivity index (χ4v) is 4.31. The quantitative estimate of drug-likeness (QED) is 0.831. The summed E-state index contributed by atoms with van der Waals surface area (Å²) in [5.74, 6) is 1.33. The van der Waals surface area contributed by atoms with E-state index in [9.17, 15) is 4.79 Å². The summed E-state index contributed by atoms with van der Waals surface area (Å²) in [6.45, 7) is 3.91. The molecule has 1 aromatic heterocycles. The fraction of sp³-hybridized carbons (Fsp3) is 0.733. The molecule has 1 aromatic rings. The first kappa shape index (κ1) is 13.1. The standard InChI is InChI=1S/C15H22N2OS/c1-11-10-19-14(16-11)12-6-8-17(9-7-12)15(18)13-4-2-3-5-13/h10,12-13H,2-9H2,1H3. The number of hydrogen-bond acceptors (Lipinski definition) is 3. The molecule has 1 amide bonds. The molecule has 3 nitrogen and oxygen atoms in total. The van der Waals surface area contributed by atoms with Gasteiger partial charge in [0.15, 0.2) is 0 Å². The molecular formula is C15H22N2OS. The molecule has 19 heavy (non-hydrogen) atoms. The van der Waals surface area contributed by atoms with Gasteiger partial charge in [-0.15, -0.1) is 11.3 Å². The molecule has 3 rings (SSSR count). The molecule has 0 N–H and O–H groups in total. The van der Waals surface area contributed by atoms with Crippen LogP contribution in [0.5, 0.6) is 0 Å². The van der Waals surface area contributed by atoms with Gasteiger partial charge < -0.3 is 4.90 Å². The van der Waals surface area contributed by atoms with Gasteiger partial charge in [-0.3, -0.25) is 4.79 Å². The number of hydrogen-bond donors (Lipinski definition) is 0. The summed E-state index contributed by atoms with van der Waals surface area (Å²) >= 11 is 1.78. The molecule has 2 aliphatic rings. The lowest BCUT2D eigenvalue weighted by atomic mass is 9.96. The molecule has 0 atom stereocenters. The number of thiazole rings is 1. The number of aromatic nitrogens is 1. The third kappa shape index (κ3) is 2.83. The van der Waals surface area contributed by atoms with Gasteiger partial charge in [0.2, 0.25) is 5.91 Å². The first-order valence-corrected chi connectivity index (χ1v) is 8.33. The zero-order valence-corrected chi connectivity index (χ0v) is 12.4. The lowest BCUT2D eigenvalue weighted by Crippen LogP contribution is -2.40. The molecule has 0 radical (unpaired) electrons. The van der Waals surface area contributed by atoms with Gasteiger partial charge in [-0.25, -0.2) is 4.98 Å². The second-order valence-electron chi connectivity index (χ2n) is 5.91. The van der Waals surface area contributed by atoms with Crippen LogP contribution in [0.3, 0.4) is 0 Å². The van der Waals surface area contributed by atoms with Crippen LogP contribution in [-0.2, 0) is 4.79 Å². The molecule has 1 aliphatic carbocycles. The van der Waals surface area contributed by atoms with Crippen LogP contribution in [0.2, 0.25) is 0 Å². The maximum atomic E-state index is 12.4. The van der Waals surface area contributed by atoms with Gasteiger partial charge in [0.05, 0.1) is 5.01 Å². The first-order valence-electron chi connectivity index (χ1n) is 7.45. The van der Waals surface area contributed by atoms with Crippen molar-refractivity contribution in [3.8, 4) is 0 Å². The van der Waals surface area contributed by atoms with Crippen molar-refractivity contribution in [2.24, 2.45) is 5.92 Å². The van der Waals surface area contributed by atoms with E-state index < -0.39 is 0 Å². The average molecular weight is 278 g/mol. The predicted octanol–water partition coefficient (Wildman–Crippen LogP) is 3.35. The van der Waals surface area contributed by atoms with E-state index in [-0.39, 0.29) is 0 Å². The molecule has 0 unspecified atom stereocenters. The van der Waals surface area contributed by atoms with Crippen molar-refractivity contribution in [1.29, 1.82) is 0 Å². The highest BCUT2D eigenvalue weighted by Gasteiger charge is 2.30. The molecular weight excluding hydrogens is 256 g/mol. The van der Waals surface area contributed by atoms with Gasteiger partial charge in [0.25, 0.3) is 0 Å².